The molecule has 3 rings (SSSR count). The molecule has 0 atom stereocenters. The number of hydrogen-bond donors (Lipinski definition) is 3. The van der Waals surface area contributed by atoms with Crippen molar-refractivity contribution in [2.75, 3.05) is 49.2 Å². The van der Waals surface area contributed by atoms with Gasteiger partial charge in [-0.05, 0) is 43.4 Å². The average molecular weight is 381 g/mol. The van der Waals surface area contributed by atoms with Crippen molar-refractivity contribution in [2.24, 2.45) is 0 Å². The highest BCUT2D eigenvalue weighted by molar-refractivity contribution is 6.42. The lowest BCUT2D eigenvalue weighted by molar-refractivity contribution is -0.135. The van der Waals surface area contributed by atoms with E-state index in [-0.39, 0.29) is 11.3 Å². The Morgan fingerprint density at radius 1 is 0.893 bits per heavy atom. The van der Waals surface area contributed by atoms with Crippen molar-refractivity contribution < 1.29 is 14.4 Å². The quantitative estimate of drug-likeness (QED) is 0.539. The highest BCUT2D eigenvalue weighted by Crippen LogP contribution is 2.19. The topological polar surface area (TPSA) is 108 Å². The summed E-state index contributed by atoms with van der Waals surface area (Å²) in [4.78, 5) is 40.7. The Morgan fingerprint density at radius 2 is 1.54 bits per heavy atom. The second kappa shape index (κ2) is 8.53. The number of nitrogens with one attached hydrogen (secondary N) is 2. The van der Waals surface area contributed by atoms with Crippen LogP contribution in [-0.4, -0.2) is 55.8 Å². The van der Waals surface area contributed by atoms with Crippen LogP contribution >= 0.6 is 0 Å². The van der Waals surface area contributed by atoms with E-state index in [9.17, 15) is 14.4 Å². The molecule has 146 valence electrons. The van der Waals surface area contributed by atoms with E-state index in [2.05, 4.69) is 22.2 Å². The number of nitrogens with two attached hydrogens (primary N) is 1. The van der Waals surface area contributed by atoms with Gasteiger partial charge in [0.15, 0.2) is 0 Å². The van der Waals surface area contributed by atoms with Crippen LogP contribution in [0.4, 0.5) is 17.1 Å². The first-order chi connectivity index (χ1) is 13.4. The van der Waals surface area contributed by atoms with E-state index in [4.69, 9.17) is 5.73 Å². The van der Waals surface area contributed by atoms with Crippen molar-refractivity contribution in [3.8, 4) is 0 Å². The van der Waals surface area contributed by atoms with E-state index >= 15 is 0 Å². The number of carbonyl (C=O) groups is 3. The zero-order valence-corrected chi connectivity index (χ0v) is 15.6. The Balaban J connectivity index is 1.56. The first-order valence-electron chi connectivity index (χ1n) is 8.99. The molecule has 1 aliphatic rings. The van der Waals surface area contributed by atoms with Gasteiger partial charge in [0.1, 0.15) is 0 Å². The Labute approximate surface area is 163 Å². The van der Waals surface area contributed by atoms with Gasteiger partial charge in [-0.2, -0.15) is 0 Å². The summed E-state index contributed by atoms with van der Waals surface area (Å²) in [5.74, 6) is -2.68. The van der Waals surface area contributed by atoms with Crippen molar-refractivity contribution in [3.05, 3.63) is 54.1 Å². The number of nitrogens with zero attached hydrogens (tertiary/aromatic N) is 2. The zero-order valence-electron chi connectivity index (χ0n) is 15.6. The van der Waals surface area contributed by atoms with Gasteiger partial charge in [0, 0.05) is 43.2 Å². The van der Waals surface area contributed by atoms with E-state index in [0.717, 1.165) is 31.9 Å². The van der Waals surface area contributed by atoms with Crippen LogP contribution in [0.2, 0.25) is 0 Å². The molecule has 1 heterocycles. The van der Waals surface area contributed by atoms with Gasteiger partial charge in [-0.3, -0.25) is 19.7 Å². The molecule has 2 aromatic carbocycles. The summed E-state index contributed by atoms with van der Waals surface area (Å²) in [6.07, 6.45) is 0. The van der Waals surface area contributed by atoms with Gasteiger partial charge in [0.25, 0.3) is 5.91 Å². The fourth-order valence-corrected chi connectivity index (χ4v) is 2.94. The highest BCUT2D eigenvalue weighted by Gasteiger charge is 2.19. The van der Waals surface area contributed by atoms with E-state index in [1.54, 1.807) is 30.3 Å². The highest BCUT2D eigenvalue weighted by atomic mass is 16.2. The van der Waals surface area contributed by atoms with E-state index in [0.29, 0.717) is 5.69 Å². The lowest BCUT2D eigenvalue weighted by atomic mass is 10.1. The third kappa shape index (κ3) is 4.66. The van der Waals surface area contributed by atoms with E-state index in [1.807, 2.05) is 17.4 Å². The average Bonchev–Trinajstić information content (AvgIpc) is 2.69. The Bertz CT molecular complexity index is 874. The van der Waals surface area contributed by atoms with Gasteiger partial charge in [-0.1, -0.05) is 12.1 Å². The number of rotatable bonds is 3. The molecule has 0 aliphatic carbocycles. The van der Waals surface area contributed by atoms with Crippen LogP contribution < -0.4 is 21.3 Å². The minimum atomic E-state index is -1.05. The smallest absolute Gasteiger partial charge is 0.316 e. The fraction of sp³-hybridized carbons (Fsp3) is 0.250. The van der Waals surface area contributed by atoms with Crippen LogP contribution in [0.25, 0.3) is 0 Å². The predicted octanol–water partition coefficient (Wildman–Crippen LogP) is 0.916. The fourth-order valence-electron chi connectivity index (χ4n) is 2.94. The van der Waals surface area contributed by atoms with E-state index < -0.39 is 17.7 Å². The number of piperazine rings is 1. The summed E-state index contributed by atoms with van der Waals surface area (Å²) < 4.78 is 0. The standard InChI is InChI=1S/C20H23N5O3/c1-24-10-12-25(13-11-24)15-8-6-14(7-9-15)22-19(27)20(28)23-18(26)16-4-2-3-5-17(16)21/h2-9H,10-13,21H2,1H3,(H,22,27)(H,23,26,28). The van der Waals surface area contributed by atoms with Crippen LogP contribution in [0, 0.1) is 0 Å². The number of para-hydroxylation sites is 1. The molecule has 8 nitrogen and oxygen atoms in total. The largest absolute Gasteiger partial charge is 0.398 e. The summed E-state index contributed by atoms with van der Waals surface area (Å²) in [5, 5.41) is 4.53. The summed E-state index contributed by atoms with van der Waals surface area (Å²) in [6.45, 7) is 3.88. The molecule has 0 unspecified atom stereocenters. The normalized spacial score (nSPS) is 14.4. The first kappa shape index (κ1) is 19.4. The van der Waals surface area contributed by atoms with Crippen LogP contribution in [0.5, 0.6) is 0 Å². The van der Waals surface area contributed by atoms with Gasteiger partial charge in [0.2, 0.25) is 0 Å². The van der Waals surface area contributed by atoms with Crippen molar-refractivity contribution in [3.63, 3.8) is 0 Å². The number of anilines is 3. The maximum absolute atomic E-state index is 12.1. The lowest BCUT2D eigenvalue weighted by Gasteiger charge is -2.34. The van der Waals surface area contributed by atoms with E-state index in [1.165, 1.54) is 6.07 Å². The number of likely N-dealkylation sites (N-methyl/N-ethyl adjacent to an activating group) is 1. The lowest BCUT2D eigenvalue weighted by Crippen LogP contribution is -2.44. The third-order valence-corrected chi connectivity index (χ3v) is 4.63. The molecule has 28 heavy (non-hydrogen) atoms. The van der Waals surface area contributed by atoms with Gasteiger partial charge in [-0.15, -0.1) is 0 Å². The summed E-state index contributed by atoms with van der Waals surface area (Å²) >= 11 is 0. The predicted molar refractivity (Wildman–Crippen MR) is 108 cm³/mol. The summed E-state index contributed by atoms with van der Waals surface area (Å²) in [7, 11) is 2.10. The molecule has 3 amide bonds. The van der Waals surface area contributed by atoms with Gasteiger partial charge in [0.05, 0.1) is 5.56 Å². The molecule has 0 saturated carbocycles. The molecule has 0 spiro atoms. The van der Waals surface area contributed by atoms with Crippen molar-refractivity contribution >= 4 is 34.8 Å². The second-order valence-electron chi connectivity index (χ2n) is 6.66. The number of amides is 3. The van der Waals surface area contributed by atoms with Gasteiger partial charge in [-0.25, -0.2) is 0 Å². The molecule has 0 aromatic heterocycles. The molecule has 4 N–H and O–H groups in total. The maximum atomic E-state index is 12.1. The Kier molecular flexibility index (Phi) is 5.90. The molecular formula is C20H23N5O3. The number of nitrogen functional groups attached to an aromatic ring is 1. The van der Waals surface area contributed by atoms with Crippen molar-refractivity contribution in [1.29, 1.82) is 0 Å². The maximum Gasteiger partial charge on any atom is 0.316 e. The Hall–Kier alpha value is -3.39. The van der Waals surface area contributed by atoms with Crippen molar-refractivity contribution in [1.82, 2.24) is 10.2 Å². The monoisotopic (exact) mass is 381 g/mol. The van der Waals surface area contributed by atoms with Crippen molar-refractivity contribution in [2.45, 2.75) is 0 Å². The molecular weight excluding hydrogens is 358 g/mol. The molecule has 0 radical (unpaired) electrons. The Morgan fingerprint density at radius 3 is 2.18 bits per heavy atom. The molecule has 1 fully saturated rings. The minimum Gasteiger partial charge on any atom is -0.398 e. The summed E-state index contributed by atoms with van der Waals surface area (Å²) in [6, 6.07) is 13.6. The third-order valence-electron chi connectivity index (χ3n) is 4.63. The molecule has 8 heteroatoms. The number of benzene rings is 2. The summed E-state index contributed by atoms with van der Waals surface area (Å²) in [5.41, 5.74) is 7.61. The number of hydrogen-bond acceptors (Lipinski definition) is 6. The molecule has 2 aromatic rings. The molecule has 1 aliphatic heterocycles. The number of carbonyl (C=O) groups excluding carboxylic acids is 3. The molecule has 1 saturated heterocycles. The number of imide groups is 1. The van der Waals surface area contributed by atoms with Crippen LogP contribution in [0.15, 0.2) is 48.5 Å². The van der Waals surface area contributed by atoms with Crippen LogP contribution in [-0.2, 0) is 9.59 Å². The first-order valence-corrected chi connectivity index (χ1v) is 8.99. The van der Waals surface area contributed by atoms with Gasteiger partial charge >= 0.3 is 11.8 Å². The second-order valence-corrected chi connectivity index (χ2v) is 6.66. The minimum absolute atomic E-state index is 0.139. The van der Waals surface area contributed by atoms with Crippen LogP contribution in [0.3, 0.4) is 0 Å². The zero-order chi connectivity index (χ0) is 20.1. The van der Waals surface area contributed by atoms with Gasteiger partial charge < -0.3 is 20.9 Å². The van der Waals surface area contributed by atoms with Crippen LogP contribution in [0.1, 0.15) is 10.4 Å². The molecule has 0 bridgehead atoms. The SMILES string of the molecule is CN1CCN(c2ccc(NC(=O)C(=O)NC(=O)c3ccccc3N)cc2)CC1.